The zero-order valence-electron chi connectivity index (χ0n) is 14.5. The van der Waals surface area contributed by atoms with Crippen LogP contribution in [-0.4, -0.2) is 38.0 Å². The van der Waals surface area contributed by atoms with E-state index in [9.17, 15) is 4.79 Å². The van der Waals surface area contributed by atoms with Crippen LogP contribution in [0.1, 0.15) is 22.7 Å². The number of nitrogens with zero attached hydrogens (tertiary/aromatic N) is 2. The van der Waals surface area contributed by atoms with Gasteiger partial charge in [0.1, 0.15) is 5.76 Å². The number of carbonyl (C=O) groups is 1. The van der Waals surface area contributed by atoms with Crippen molar-refractivity contribution in [2.24, 2.45) is 10.7 Å². The van der Waals surface area contributed by atoms with Crippen molar-refractivity contribution in [3.8, 4) is 0 Å². The number of guanidine groups is 1. The number of nitrogens with one attached hydrogen (secondary N) is 2. The van der Waals surface area contributed by atoms with Crippen molar-refractivity contribution in [1.29, 1.82) is 0 Å². The molecule has 1 amide bonds. The molecule has 0 radical (unpaired) electrons. The van der Waals surface area contributed by atoms with Gasteiger partial charge in [-0.25, -0.2) is 0 Å². The highest BCUT2D eigenvalue weighted by Gasteiger charge is 2.23. The maximum atomic E-state index is 11.1. The molecular formula is C18H22BrN5O2. The van der Waals surface area contributed by atoms with Crippen LogP contribution in [0, 0.1) is 0 Å². The number of benzene rings is 1. The fraction of sp³-hybridized carbons (Fsp3) is 0.333. The summed E-state index contributed by atoms with van der Waals surface area (Å²) in [5.74, 6) is 0.915. The maximum absolute atomic E-state index is 11.1. The second-order valence-electron chi connectivity index (χ2n) is 6.11. The fourth-order valence-corrected chi connectivity index (χ4v) is 3.19. The number of hydrogen-bond donors (Lipinski definition) is 3. The van der Waals surface area contributed by atoms with E-state index in [4.69, 9.17) is 10.2 Å². The third kappa shape index (κ3) is 4.57. The number of furan rings is 1. The zero-order chi connectivity index (χ0) is 18.5. The summed E-state index contributed by atoms with van der Waals surface area (Å²) in [6.45, 7) is 2.33. The summed E-state index contributed by atoms with van der Waals surface area (Å²) in [5.41, 5.74) is 6.41. The van der Waals surface area contributed by atoms with Crippen LogP contribution in [0.15, 0.2) is 50.3 Å². The molecule has 0 spiro atoms. The Morgan fingerprint density at radius 2 is 2.12 bits per heavy atom. The zero-order valence-corrected chi connectivity index (χ0v) is 16.1. The number of amides is 1. The van der Waals surface area contributed by atoms with E-state index in [-0.39, 0.29) is 5.76 Å². The number of halogens is 1. The molecule has 26 heavy (non-hydrogen) atoms. The van der Waals surface area contributed by atoms with Gasteiger partial charge in [0.15, 0.2) is 11.7 Å². The normalized spacial score (nSPS) is 17.4. The minimum Gasteiger partial charge on any atom is -0.454 e. The molecule has 1 aromatic carbocycles. The molecule has 1 unspecified atom stereocenters. The van der Waals surface area contributed by atoms with Crippen molar-refractivity contribution in [1.82, 2.24) is 10.6 Å². The Morgan fingerprint density at radius 3 is 2.77 bits per heavy atom. The lowest BCUT2D eigenvalue weighted by Gasteiger charge is -2.20. The molecule has 2 aromatic rings. The summed E-state index contributed by atoms with van der Waals surface area (Å²) >= 11 is 3.47. The largest absolute Gasteiger partial charge is 0.454 e. The van der Waals surface area contributed by atoms with Gasteiger partial charge in [-0.05, 0) is 42.8 Å². The number of hydrogen-bond acceptors (Lipinski definition) is 4. The van der Waals surface area contributed by atoms with Gasteiger partial charge in [0.05, 0.1) is 6.54 Å². The van der Waals surface area contributed by atoms with E-state index in [1.807, 2.05) is 0 Å². The Hall–Kier alpha value is -2.48. The molecular weight excluding hydrogens is 398 g/mol. The number of primary amides is 1. The summed E-state index contributed by atoms with van der Waals surface area (Å²) in [6, 6.07) is 12.0. The Morgan fingerprint density at radius 1 is 1.35 bits per heavy atom. The Balaban J connectivity index is 1.50. The smallest absolute Gasteiger partial charge is 0.284 e. The first kappa shape index (κ1) is 18.3. The molecule has 2 heterocycles. The lowest BCUT2D eigenvalue weighted by molar-refractivity contribution is 0.0972. The van der Waals surface area contributed by atoms with Crippen LogP contribution in [0.2, 0.25) is 0 Å². The topological polar surface area (TPSA) is 95.9 Å². The summed E-state index contributed by atoms with van der Waals surface area (Å²) < 4.78 is 6.44. The highest BCUT2D eigenvalue weighted by atomic mass is 79.9. The van der Waals surface area contributed by atoms with E-state index in [0.717, 1.165) is 24.0 Å². The molecule has 4 N–H and O–H groups in total. The van der Waals surface area contributed by atoms with E-state index in [2.05, 4.69) is 60.7 Å². The van der Waals surface area contributed by atoms with Crippen LogP contribution in [0.25, 0.3) is 0 Å². The summed E-state index contributed by atoms with van der Waals surface area (Å²) in [5, 5.41) is 6.63. The number of rotatable bonds is 5. The molecule has 3 rings (SSSR count). The van der Waals surface area contributed by atoms with E-state index in [1.165, 1.54) is 5.69 Å². The van der Waals surface area contributed by atoms with Crippen molar-refractivity contribution in [2.75, 3.05) is 25.0 Å². The highest BCUT2D eigenvalue weighted by Crippen LogP contribution is 2.22. The summed E-state index contributed by atoms with van der Waals surface area (Å²) in [4.78, 5) is 17.7. The monoisotopic (exact) mass is 419 g/mol. The third-order valence-electron chi connectivity index (χ3n) is 4.28. The minimum atomic E-state index is -0.572. The number of anilines is 1. The molecule has 0 aliphatic carbocycles. The molecule has 0 bridgehead atoms. The molecule has 1 saturated heterocycles. The number of carbonyl (C=O) groups excluding carboxylic acids is 1. The van der Waals surface area contributed by atoms with E-state index in [1.54, 1.807) is 19.2 Å². The second-order valence-corrected chi connectivity index (χ2v) is 7.02. The van der Waals surface area contributed by atoms with Crippen LogP contribution in [0.3, 0.4) is 0 Å². The molecule has 1 atom stereocenters. The van der Waals surface area contributed by atoms with Gasteiger partial charge < -0.3 is 25.7 Å². The van der Waals surface area contributed by atoms with Gasteiger partial charge in [0, 0.05) is 36.3 Å². The highest BCUT2D eigenvalue weighted by molar-refractivity contribution is 9.10. The lowest BCUT2D eigenvalue weighted by Crippen LogP contribution is -2.44. The maximum Gasteiger partial charge on any atom is 0.284 e. The molecule has 1 fully saturated rings. The van der Waals surface area contributed by atoms with Crippen molar-refractivity contribution in [3.05, 3.63) is 52.4 Å². The Bertz CT molecular complexity index is 787. The van der Waals surface area contributed by atoms with Crippen molar-refractivity contribution < 1.29 is 9.21 Å². The van der Waals surface area contributed by atoms with Crippen molar-refractivity contribution in [3.63, 3.8) is 0 Å². The molecule has 1 aliphatic rings. The number of aliphatic imine (C=N–C) groups is 1. The van der Waals surface area contributed by atoms with Crippen LogP contribution >= 0.6 is 15.9 Å². The Kier molecular flexibility index (Phi) is 5.82. The summed E-state index contributed by atoms with van der Waals surface area (Å²) in [6.07, 6.45) is 1.03. The standard InChI is InChI=1S/C18H22BrN5O2/c1-21-18(22-10-15-6-7-16(26-15)17(20)25)23-13-8-9-24(11-13)14-4-2-12(19)3-5-14/h2-7,13H,8-11H2,1H3,(H2,20,25)(H2,21,22,23). The first-order chi connectivity index (χ1) is 12.5. The second kappa shape index (κ2) is 8.27. The van der Waals surface area contributed by atoms with Gasteiger partial charge in [-0.1, -0.05) is 15.9 Å². The molecule has 8 heteroatoms. The number of nitrogens with two attached hydrogens (primary N) is 1. The van der Waals surface area contributed by atoms with Gasteiger partial charge in [0.25, 0.3) is 5.91 Å². The molecule has 138 valence electrons. The minimum absolute atomic E-state index is 0.158. The fourth-order valence-electron chi connectivity index (χ4n) is 2.93. The van der Waals surface area contributed by atoms with E-state index < -0.39 is 5.91 Å². The van der Waals surface area contributed by atoms with Crippen LogP contribution in [0.4, 0.5) is 5.69 Å². The lowest BCUT2D eigenvalue weighted by atomic mass is 10.3. The predicted octanol–water partition coefficient (Wildman–Crippen LogP) is 2.08. The average molecular weight is 420 g/mol. The van der Waals surface area contributed by atoms with Crippen LogP contribution in [-0.2, 0) is 6.54 Å². The first-order valence-electron chi connectivity index (χ1n) is 8.41. The van der Waals surface area contributed by atoms with Gasteiger partial charge in [-0.3, -0.25) is 9.79 Å². The van der Waals surface area contributed by atoms with Gasteiger partial charge in [-0.15, -0.1) is 0 Å². The predicted molar refractivity (Wildman–Crippen MR) is 105 cm³/mol. The van der Waals surface area contributed by atoms with Crippen LogP contribution in [0.5, 0.6) is 0 Å². The van der Waals surface area contributed by atoms with Crippen molar-refractivity contribution >= 4 is 33.5 Å². The molecule has 1 aromatic heterocycles. The van der Waals surface area contributed by atoms with Gasteiger partial charge in [0.2, 0.25) is 0 Å². The molecule has 7 nitrogen and oxygen atoms in total. The SMILES string of the molecule is CN=C(NCc1ccc(C(N)=O)o1)NC1CCN(c2ccc(Br)cc2)C1. The van der Waals surface area contributed by atoms with Gasteiger partial charge in [-0.2, -0.15) is 0 Å². The molecule has 0 saturated carbocycles. The third-order valence-corrected chi connectivity index (χ3v) is 4.81. The van der Waals surface area contributed by atoms with Gasteiger partial charge >= 0.3 is 0 Å². The molecule has 1 aliphatic heterocycles. The van der Waals surface area contributed by atoms with E-state index >= 15 is 0 Å². The van der Waals surface area contributed by atoms with E-state index in [0.29, 0.717) is 24.3 Å². The summed E-state index contributed by atoms with van der Waals surface area (Å²) in [7, 11) is 1.73. The Labute approximate surface area is 160 Å². The average Bonchev–Trinajstić information content (AvgIpc) is 3.29. The quantitative estimate of drug-likeness (QED) is 0.509. The van der Waals surface area contributed by atoms with Crippen LogP contribution < -0.4 is 21.3 Å². The first-order valence-corrected chi connectivity index (χ1v) is 9.20. The van der Waals surface area contributed by atoms with Crippen molar-refractivity contribution in [2.45, 2.75) is 19.0 Å².